The Kier molecular flexibility index (Phi) is 5.94. The first kappa shape index (κ1) is 14.5. The van der Waals surface area contributed by atoms with E-state index in [4.69, 9.17) is 0 Å². The van der Waals surface area contributed by atoms with Crippen molar-refractivity contribution in [3.05, 3.63) is 21.1 Å². The molecule has 96 valence electrons. The number of hydrogen-bond acceptors (Lipinski definition) is 5. The van der Waals surface area contributed by atoms with E-state index in [9.17, 15) is 15.2 Å². The van der Waals surface area contributed by atoms with Gasteiger partial charge in [0.05, 0.1) is 11.0 Å². The second-order valence-electron chi connectivity index (χ2n) is 3.81. The molecule has 0 aliphatic carbocycles. The molecule has 0 bridgehead atoms. The molecule has 1 heterocycles. The molecular weight excluding hydrogens is 258 g/mol. The summed E-state index contributed by atoms with van der Waals surface area (Å²) in [4.78, 5) is 11.2. The molecule has 1 unspecified atom stereocenters. The topological polar surface area (TPSA) is 63.4 Å². The van der Waals surface area contributed by atoms with Gasteiger partial charge in [-0.25, -0.2) is 0 Å². The van der Waals surface area contributed by atoms with Crippen LogP contribution in [0.3, 0.4) is 0 Å². The first-order valence-electron chi connectivity index (χ1n) is 5.65. The average molecular weight is 275 g/mol. The predicted molar refractivity (Wildman–Crippen MR) is 71.9 cm³/mol. The largest absolute Gasteiger partial charge is 0.388 e. The van der Waals surface area contributed by atoms with Gasteiger partial charge >= 0.3 is 0 Å². The van der Waals surface area contributed by atoms with E-state index in [1.807, 2.05) is 0 Å². The molecule has 1 atom stereocenters. The zero-order chi connectivity index (χ0) is 12.8. The van der Waals surface area contributed by atoms with Gasteiger partial charge in [0.25, 0.3) is 5.69 Å². The number of thiophene rings is 1. The Balaban J connectivity index is 2.71. The lowest BCUT2D eigenvalue weighted by Gasteiger charge is -1.98. The molecule has 0 amide bonds. The fourth-order valence-corrected chi connectivity index (χ4v) is 3.72. The minimum Gasteiger partial charge on any atom is -0.388 e. The van der Waals surface area contributed by atoms with Crippen molar-refractivity contribution in [1.29, 1.82) is 0 Å². The molecule has 4 nitrogen and oxygen atoms in total. The van der Waals surface area contributed by atoms with E-state index in [0.29, 0.717) is 9.09 Å². The molecule has 0 radical (unpaired) electrons. The summed E-state index contributed by atoms with van der Waals surface area (Å²) in [6.07, 6.45) is 2.73. The van der Waals surface area contributed by atoms with Gasteiger partial charge in [-0.3, -0.25) is 10.1 Å². The SMILES string of the molecule is CCCCCSc1sc(C(C)O)cc1[N+](=O)[O-]. The van der Waals surface area contributed by atoms with Crippen molar-refractivity contribution in [3.63, 3.8) is 0 Å². The minimum atomic E-state index is -0.635. The Hall–Kier alpha value is -0.590. The van der Waals surface area contributed by atoms with Crippen LogP contribution in [-0.2, 0) is 0 Å². The van der Waals surface area contributed by atoms with Crippen LogP contribution < -0.4 is 0 Å². The van der Waals surface area contributed by atoms with Crippen LogP contribution in [0, 0.1) is 10.1 Å². The summed E-state index contributed by atoms with van der Waals surface area (Å²) < 4.78 is 0.710. The Morgan fingerprint density at radius 3 is 2.82 bits per heavy atom. The number of nitro groups is 1. The summed E-state index contributed by atoms with van der Waals surface area (Å²) in [5.41, 5.74) is 0.132. The quantitative estimate of drug-likeness (QED) is 0.354. The molecule has 0 aromatic carbocycles. The van der Waals surface area contributed by atoms with Gasteiger partial charge in [0.2, 0.25) is 0 Å². The Morgan fingerprint density at radius 2 is 2.29 bits per heavy atom. The van der Waals surface area contributed by atoms with E-state index in [1.165, 1.54) is 29.2 Å². The standard InChI is InChI=1S/C11H17NO3S2/c1-3-4-5-6-16-11-9(12(14)15)7-10(17-11)8(2)13/h7-8,13H,3-6H2,1-2H3. The zero-order valence-electron chi connectivity index (χ0n) is 10.0. The van der Waals surface area contributed by atoms with Crippen LogP contribution in [-0.4, -0.2) is 15.8 Å². The molecule has 0 saturated heterocycles. The monoisotopic (exact) mass is 275 g/mol. The number of thioether (sulfide) groups is 1. The average Bonchev–Trinajstić information content (AvgIpc) is 2.68. The van der Waals surface area contributed by atoms with Crippen LogP contribution >= 0.6 is 23.1 Å². The molecule has 1 rings (SSSR count). The van der Waals surface area contributed by atoms with Crippen molar-refractivity contribution in [2.75, 3.05) is 5.75 Å². The number of nitrogens with zero attached hydrogens (tertiary/aromatic N) is 1. The predicted octanol–water partition coefficient (Wildman–Crippen LogP) is 3.99. The molecule has 1 aromatic heterocycles. The highest BCUT2D eigenvalue weighted by atomic mass is 32.2. The summed E-state index contributed by atoms with van der Waals surface area (Å²) in [7, 11) is 0. The van der Waals surface area contributed by atoms with Crippen LogP contribution in [0.5, 0.6) is 0 Å². The number of rotatable bonds is 7. The molecule has 1 aromatic rings. The minimum absolute atomic E-state index is 0.132. The van der Waals surface area contributed by atoms with Crippen molar-refractivity contribution < 1.29 is 10.0 Å². The highest BCUT2D eigenvalue weighted by Crippen LogP contribution is 2.40. The van der Waals surface area contributed by atoms with Crippen molar-refractivity contribution >= 4 is 28.8 Å². The fourth-order valence-electron chi connectivity index (χ4n) is 1.34. The summed E-state index contributed by atoms with van der Waals surface area (Å²) >= 11 is 2.84. The van der Waals surface area contributed by atoms with Gasteiger partial charge in [0.1, 0.15) is 4.21 Å². The van der Waals surface area contributed by atoms with Gasteiger partial charge in [-0.2, -0.15) is 0 Å². The number of aliphatic hydroxyl groups is 1. The first-order valence-corrected chi connectivity index (χ1v) is 7.45. The van der Waals surface area contributed by atoms with E-state index < -0.39 is 6.10 Å². The first-order chi connectivity index (χ1) is 8.06. The molecule has 0 saturated carbocycles. The molecule has 0 aliphatic heterocycles. The van der Waals surface area contributed by atoms with Crippen LogP contribution in [0.1, 0.15) is 44.1 Å². The second kappa shape index (κ2) is 6.98. The molecular formula is C11H17NO3S2. The second-order valence-corrected chi connectivity index (χ2v) is 6.26. The van der Waals surface area contributed by atoms with E-state index in [-0.39, 0.29) is 10.6 Å². The summed E-state index contributed by atoms with van der Waals surface area (Å²) in [6, 6.07) is 1.48. The van der Waals surface area contributed by atoms with E-state index in [2.05, 4.69) is 6.92 Å². The van der Waals surface area contributed by atoms with E-state index in [1.54, 1.807) is 6.92 Å². The van der Waals surface area contributed by atoms with Gasteiger partial charge in [0.15, 0.2) is 0 Å². The van der Waals surface area contributed by atoms with Crippen LogP contribution in [0.4, 0.5) is 5.69 Å². The van der Waals surface area contributed by atoms with Gasteiger partial charge in [-0.15, -0.1) is 23.1 Å². The van der Waals surface area contributed by atoms with Crippen LogP contribution in [0.15, 0.2) is 10.3 Å². The molecule has 6 heteroatoms. The lowest BCUT2D eigenvalue weighted by Crippen LogP contribution is -1.88. The Labute approximate surface area is 109 Å². The Morgan fingerprint density at radius 1 is 1.59 bits per heavy atom. The summed E-state index contributed by atoms with van der Waals surface area (Å²) in [5.74, 6) is 0.897. The van der Waals surface area contributed by atoms with Crippen LogP contribution in [0.2, 0.25) is 0 Å². The smallest absolute Gasteiger partial charge is 0.294 e. The van der Waals surface area contributed by atoms with Crippen molar-refractivity contribution in [2.45, 2.75) is 43.4 Å². The lowest BCUT2D eigenvalue weighted by molar-refractivity contribution is -0.387. The maximum absolute atomic E-state index is 10.9. The van der Waals surface area contributed by atoms with Crippen molar-refractivity contribution in [3.8, 4) is 0 Å². The van der Waals surface area contributed by atoms with Gasteiger partial charge < -0.3 is 5.11 Å². The van der Waals surface area contributed by atoms with Gasteiger partial charge in [0, 0.05) is 10.9 Å². The molecule has 0 aliphatic rings. The van der Waals surface area contributed by atoms with E-state index >= 15 is 0 Å². The third-order valence-electron chi connectivity index (χ3n) is 2.29. The third kappa shape index (κ3) is 4.29. The number of hydrogen-bond donors (Lipinski definition) is 1. The molecule has 0 fully saturated rings. The lowest BCUT2D eigenvalue weighted by atomic mass is 10.3. The van der Waals surface area contributed by atoms with Gasteiger partial charge in [-0.05, 0) is 19.1 Å². The molecule has 1 N–H and O–H groups in total. The highest BCUT2D eigenvalue weighted by Gasteiger charge is 2.20. The van der Waals surface area contributed by atoms with E-state index in [0.717, 1.165) is 25.0 Å². The third-order valence-corrected chi connectivity index (χ3v) is 4.95. The number of aliphatic hydroxyl groups excluding tert-OH is 1. The summed E-state index contributed by atoms with van der Waals surface area (Å²) in [5, 5.41) is 20.3. The van der Waals surface area contributed by atoms with Crippen molar-refractivity contribution in [2.24, 2.45) is 0 Å². The maximum Gasteiger partial charge on any atom is 0.294 e. The number of unbranched alkanes of at least 4 members (excludes halogenated alkanes) is 2. The van der Waals surface area contributed by atoms with Crippen molar-refractivity contribution in [1.82, 2.24) is 0 Å². The normalized spacial score (nSPS) is 12.6. The molecule has 17 heavy (non-hydrogen) atoms. The van der Waals surface area contributed by atoms with Crippen LogP contribution in [0.25, 0.3) is 0 Å². The Bertz CT molecular complexity index is 377. The zero-order valence-corrected chi connectivity index (χ0v) is 11.6. The maximum atomic E-state index is 10.9. The highest BCUT2D eigenvalue weighted by molar-refractivity contribution is 8.01. The van der Waals surface area contributed by atoms with Gasteiger partial charge in [-0.1, -0.05) is 19.8 Å². The molecule has 0 spiro atoms. The fraction of sp³-hybridized carbons (Fsp3) is 0.636. The summed E-state index contributed by atoms with van der Waals surface area (Å²) in [6.45, 7) is 3.75.